The maximum Gasteiger partial charge on any atom is 0.264 e. The van der Waals surface area contributed by atoms with E-state index in [0.717, 1.165) is 27.4 Å². The molecule has 1 aliphatic rings. The first-order valence-electron chi connectivity index (χ1n) is 9.88. The lowest BCUT2D eigenvalue weighted by molar-refractivity contribution is 0.0678. The molecule has 5 rings (SSSR count). The Morgan fingerprint density at radius 3 is 2.83 bits per heavy atom. The van der Waals surface area contributed by atoms with Crippen molar-refractivity contribution in [1.29, 1.82) is 0 Å². The van der Waals surface area contributed by atoms with Gasteiger partial charge in [0.05, 0.1) is 10.4 Å². The van der Waals surface area contributed by atoms with Crippen molar-refractivity contribution < 1.29 is 9.53 Å². The van der Waals surface area contributed by atoms with Crippen LogP contribution in [0.5, 0.6) is 0 Å². The standard InChI is InChI=1S/C21H22N6O2S/c1-14-12-25(9-10-26(14)20(28)17-8-5-11-30-17)21-22-16-7-4-3-6-15(16)19-24-23-18(13-29-2)27(19)21/h3-8,11,14H,9-10,12-13H2,1-2H3. The second kappa shape index (κ2) is 7.66. The molecular weight excluding hydrogens is 400 g/mol. The number of amides is 1. The number of anilines is 1. The van der Waals surface area contributed by atoms with E-state index in [4.69, 9.17) is 9.72 Å². The summed E-state index contributed by atoms with van der Waals surface area (Å²) >= 11 is 1.48. The lowest BCUT2D eigenvalue weighted by atomic mass is 10.2. The maximum atomic E-state index is 12.9. The zero-order chi connectivity index (χ0) is 20.7. The Morgan fingerprint density at radius 1 is 1.20 bits per heavy atom. The number of carbonyl (C=O) groups is 1. The number of hydrogen-bond donors (Lipinski definition) is 0. The highest BCUT2D eigenvalue weighted by molar-refractivity contribution is 7.12. The van der Waals surface area contributed by atoms with Crippen LogP contribution in [0, 0.1) is 0 Å². The molecule has 4 aromatic rings. The van der Waals surface area contributed by atoms with E-state index >= 15 is 0 Å². The monoisotopic (exact) mass is 422 g/mol. The highest BCUT2D eigenvalue weighted by Gasteiger charge is 2.31. The van der Waals surface area contributed by atoms with Gasteiger partial charge >= 0.3 is 0 Å². The van der Waals surface area contributed by atoms with E-state index in [0.29, 0.717) is 32.1 Å². The fourth-order valence-electron chi connectivity index (χ4n) is 4.04. The van der Waals surface area contributed by atoms with Gasteiger partial charge in [-0.3, -0.25) is 4.79 Å². The van der Waals surface area contributed by atoms with Gasteiger partial charge in [0.15, 0.2) is 11.5 Å². The minimum Gasteiger partial charge on any atom is -0.377 e. The van der Waals surface area contributed by atoms with Crippen LogP contribution in [-0.4, -0.2) is 63.2 Å². The van der Waals surface area contributed by atoms with Crippen LogP contribution in [0.25, 0.3) is 16.6 Å². The smallest absolute Gasteiger partial charge is 0.264 e. The van der Waals surface area contributed by atoms with Gasteiger partial charge in [-0.1, -0.05) is 18.2 Å². The van der Waals surface area contributed by atoms with Crippen molar-refractivity contribution >= 4 is 39.7 Å². The average molecular weight is 423 g/mol. The maximum absolute atomic E-state index is 12.9. The van der Waals surface area contributed by atoms with E-state index in [2.05, 4.69) is 22.0 Å². The van der Waals surface area contributed by atoms with Gasteiger partial charge in [0.2, 0.25) is 5.95 Å². The molecule has 1 unspecified atom stereocenters. The summed E-state index contributed by atoms with van der Waals surface area (Å²) in [7, 11) is 1.65. The first-order chi connectivity index (χ1) is 14.7. The lowest BCUT2D eigenvalue weighted by Crippen LogP contribution is -2.54. The molecule has 1 amide bonds. The minimum atomic E-state index is 0.0547. The Morgan fingerprint density at radius 2 is 2.07 bits per heavy atom. The molecule has 154 valence electrons. The van der Waals surface area contributed by atoms with Crippen molar-refractivity contribution in [1.82, 2.24) is 24.5 Å². The summed E-state index contributed by atoms with van der Waals surface area (Å²) in [5.74, 6) is 1.60. The van der Waals surface area contributed by atoms with Crippen LogP contribution in [0.2, 0.25) is 0 Å². The van der Waals surface area contributed by atoms with Crippen molar-refractivity contribution in [2.45, 2.75) is 19.6 Å². The molecule has 0 N–H and O–H groups in total. The van der Waals surface area contributed by atoms with Crippen LogP contribution in [0.3, 0.4) is 0 Å². The summed E-state index contributed by atoms with van der Waals surface area (Å²) in [6.45, 7) is 4.43. The normalized spacial score (nSPS) is 17.2. The fourth-order valence-corrected chi connectivity index (χ4v) is 4.72. The predicted molar refractivity (Wildman–Crippen MR) is 116 cm³/mol. The molecule has 4 heterocycles. The molecular formula is C21H22N6O2S. The third kappa shape index (κ3) is 3.10. The van der Waals surface area contributed by atoms with Crippen LogP contribution >= 0.6 is 11.3 Å². The third-order valence-corrected chi connectivity index (χ3v) is 6.33. The summed E-state index contributed by atoms with van der Waals surface area (Å²) in [6, 6.07) is 11.8. The van der Waals surface area contributed by atoms with Gasteiger partial charge in [0.1, 0.15) is 6.61 Å². The predicted octanol–water partition coefficient (Wildman–Crippen LogP) is 2.84. The lowest BCUT2D eigenvalue weighted by Gasteiger charge is -2.40. The highest BCUT2D eigenvalue weighted by Crippen LogP contribution is 2.26. The van der Waals surface area contributed by atoms with Gasteiger partial charge in [-0.25, -0.2) is 9.38 Å². The molecule has 30 heavy (non-hydrogen) atoms. The molecule has 0 bridgehead atoms. The molecule has 1 atom stereocenters. The number of nitrogens with zero attached hydrogens (tertiary/aromatic N) is 6. The first-order valence-corrected chi connectivity index (χ1v) is 10.8. The molecule has 1 saturated heterocycles. The van der Waals surface area contributed by atoms with Crippen molar-refractivity contribution in [3.8, 4) is 0 Å². The van der Waals surface area contributed by atoms with E-state index in [9.17, 15) is 4.79 Å². The average Bonchev–Trinajstić information content (AvgIpc) is 3.44. The van der Waals surface area contributed by atoms with Crippen LogP contribution in [0.4, 0.5) is 5.95 Å². The zero-order valence-corrected chi connectivity index (χ0v) is 17.7. The number of methoxy groups -OCH3 is 1. The van der Waals surface area contributed by atoms with Gasteiger partial charge < -0.3 is 14.5 Å². The van der Waals surface area contributed by atoms with Crippen LogP contribution in [0.1, 0.15) is 22.4 Å². The Labute approximate surface area is 177 Å². The SMILES string of the molecule is COCc1nnc2c3ccccc3nc(N3CCN(C(=O)c4cccs4)C(C)C3)n12. The molecule has 1 aromatic carbocycles. The van der Waals surface area contributed by atoms with Crippen molar-refractivity contribution in [2.75, 3.05) is 31.6 Å². The number of fused-ring (bicyclic) bond motifs is 3. The second-order valence-electron chi connectivity index (χ2n) is 7.41. The van der Waals surface area contributed by atoms with Gasteiger partial charge in [-0.2, -0.15) is 0 Å². The third-order valence-electron chi connectivity index (χ3n) is 5.47. The fraction of sp³-hybridized carbons (Fsp3) is 0.333. The van der Waals surface area contributed by atoms with E-state index in [1.165, 1.54) is 11.3 Å². The number of ether oxygens (including phenoxy) is 1. The quantitative estimate of drug-likeness (QED) is 0.503. The molecule has 0 saturated carbocycles. The number of carbonyl (C=O) groups excluding carboxylic acids is 1. The van der Waals surface area contributed by atoms with E-state index in [1.807, 2.05) is 51.1 Å². The summed E-state index contributed by atoms with van der Waals surface area (Å²) in [6.07, 6.45) is 0. The molecule has 3 aromatic heterocycles. The van der Waals surface area contributed by atoms with Gasteiger partial charge in [-0.05, 0) is 30.5 Å². The van der Waals surface area contributed by atoms with E-state index < -0.39 is 0 Å². The Balaban J connectivity index is 1.53. The van der Waals surface area contributed by atoms with Crippen LogP contribution < -0.4 is 4.90 Å². The Kier molecular flexibility index (Phi) is 4.84. The zero-order valence-electron chi connectivity index (χ0n) is 16.9. The molecule has 0 aliphatic carbocycles. The Hall–Kier alpha value is -3.04. The first kappa shape index (κ1) is 19.0. The molecule has 1 fully saturated rings. The molecule has 8 nitrogen and oxygen atoms in total. The van der Waals surface area contributed by atoms with Gasteiger partial charge in [-0.15, -0.1) is 21.5 Å². The summed E-state index contributed by atoms with van der Waals surface area (Å²) in [5, 5.41) is 11.7. The summed E-state index contributed by atoms with van der Waals surface area (Å²) in [5.41, 5.74) is 1.65. The molecule has 9 heteroatoms. The van der Waals surface area contributed by atoms with Crippen molar-refractivity contribution in [3.05, 3.63) is 52.5 Å². The molecule has 0 radical (unpaired) electrons. The number of para-hydroxylation sites is 1. The minimum absolute atomic E-state index is 0.0547. The number of aromatic nitrogens is 4. The molecule has 0 spiro atoms. The van der Waals surface area contributed by atoms with Crippen LogP contribution in [-0.2, 0) is 11.3 Å². The number of rotatable bonds is 4. The Bertz CT molecular complexity index is 1210. The number of hydrogen-bond acceptors (Lipinski definition) is 7. The van der Waals surface area contributed by atoms with Gasteiger partial charge in [0, 0.05) is 38.2 Å². The second-order valence-corrected chi connectivity index (χ2v) is 8.36. The number of benzene rings is 1. The van der Waals surface area contributed by atoms with Crippen molar-refractivity contribution in [2.24, 2.45) is 0 Å². The summed E-state index contributed by atoms with van der Waals surface area (Å²) in [4.78, 5) is 22.7. The van der Waals surface area contributed by atoms with Gasteiger partial charge in [0.25, 0.3) is 5.91 Å². The largest absolute Gasteiger partial charge is 0.377 e. The topological polar surface area (TPSA) is 75.9 Å². The number of thiophene rings is 1. The highest BCUT2D eigenvalue weighted by atomic mass is 32.1. The van der Waals surface area contributed by atoms with E-state index in [-0.39, 0.29) is 11.9 Å². The summed E-state index contributed by atoms with van der Waals surface area (Å²) < 4.78 is 7.32. The van der Waals surface area contributed by atoms with E-state index in [1.54, 1.807) is 7.11 Å². The van der Waals surface area contributed by atoms with Crippen molar-refractivity contribution in [3.63, 3.8) is 0 Å². The molecule has 1 aliphatic heterocycles. The number of piperazine rings is 1. The van der Waals surface area contributed by atoms with Crippen LogP contribution in [0.15, 0.2) is 41.8 Å².